The highest BCUT2D eigenvalue weighted by Gasteiger charge is 2.02. The van der Waals surface area contributed by atoms with Crippen LogP contribution in [-0.4, -0.2) is 23.4 Å². The van der Waals surface area contributed by atoms with Gasteiger partial charge >= 0.3 is 0 Å². The summed E-state index contributed by atoms with van der Waals surface area (Å²) in [5.41, 5.74) is 0.853. The average Bonchev–Trinajstić information content (AvgIpc) is 2.39. The molecule has 0 aromatic heterocycles. The third-order valence-electron chi connectivity index (χ3n) is 1.93. The second-order valence-electron chi connectivity index (χ2n) is 3.03. The van der Waals surface area contributed by atoms with Crippen LogP contribution in [0.25, 0.3) is 6.08 Å². The highest BCUT2D eigenvalue weighted by Crippen LogP contribution is 2.12. The molecule has 1 rings (SSSR count). The zero-order valence-electron chi connectivity index (χ0n) is 12.3. The van der Waals surface area contributed by atoms with Crippen molar-refractivity contribution in [2.75, 3.05) is 13.2 Å². The second kappa shape index (κ2) is 7.21. The zero-order chi connectivity index (χ0) is 14.4. The molecule has 0 aliphatic carbocycles. The first-order chi connectivity index (χ1) is 8.93. The van der Waals surface area contributed by atoms with Crippen molar-refractivity contribution in [3.05, 3.63) is 42.0 Å². The van der Waals surface area contributed by atoms with Crippen molar-refractivity contribution in [3.63, 3.8) is 0 Å². The maximum absolute atomic E-state index is 9.14. The Morgan fingerprint density at radius 2 is 1.73 bits per heavy atom. The Bertz CT molecular complexity index is 381. The summed E-state index contributed by atoms with van der Waals surface area (Å²) in [5, 5.41) is 18.3. The van der Waals surface area contributed by atoms with E-state index in [2.05, 4.69) is 0 Å². The summed E-state index contributed by atoms with van der Waals surface area (Å²) in [6.07, 6.45) is 0.614. The molecule has 0 saturated carbocycles. The predicted octanol–water partition coefficient (Wildman–Crippen LogP) is 2.08. The number of aliphatic hydroxyl groups is 2. The van der Waals surface area contributed by atoms with Gasteiger partial charge in [-0.1, -0.05) is 42.5 Å². The van der Waals surface area contributed by atoms with Gasteiger partial charge in [0.2, 0.25) is 0 Å². The Morgan fingerprint density at radius 3 is 2.27 bits per heavy atom. The summed E-state index contributed by atoms with van der Waals surface area (Å²) in [6, 6.07) is 9.20. The molecule has 0 fully saturated rings. The van der Waals surface area contributed by atoms with Crippen molar-refractivity contribution in [3.8, 4) is 0 Å². The Balaban J connectivity index is 2.88. The van der Waals surface area contributed by atoms with Crippen LogP contribution in [0.2, 0.25) is 0 Å². The molecule has 0 spiro atoms. The molecular formula is C13H18O2. The van der Waals surface area contributed by atoms with Crippen molar-refractivity contribution in [2.45, 2.75) is 12.8 Å². The third-order valence-corrected chi connectivity index (χ3v) is 1.93. The van der Waals surface area contributed by atoms with E-state index in [9.17, 15) is 0 Å². The summed E-state index contributed by atoms with van der Waals surface area (Å²) in [5.74, 6) is -0.889. The molecule has 0 amide bonds. The minimum absolute atomic E-state index is 0.853. The SMILES string of the molecule is [2H]C(O)C([2H])C(/C=C/c1ccccc1)C([2H])C([2H])O. The second-order valence-corrected chi connectivity index (χ2v) is 3.03. The van der Waals surface area contributed by atoms with Crippen molar-refractivity contribution >= 4 is 6.08 Å². The molecule has 0 aliphatic rings. The van der Waals surface area contributed by atoms with Crippen LogP contribution in [0, 0.1) is 5.92 Å². The lowest BCUT2D eigenvalue weighted by molar-refractivity contribution is 0.234. The molecule has 0 radical (unpaired) electrons. The van der Waals surface area contributed by atoms with Crippen molar-refractivity contribution < 1.29 is 15.7 Å². The molecule has 4 atom stereocenters. The van der Waals surface area contributed by atoms with Crippen LogP contribution in [0.3, 0.4) is 0 Å². The van der Waals surface area contributed by atoms with Gasteiger partial charge in [-0.3, -0.25) is 0 Å². The zero-order valence-corrected chi connectivity index (χ0v) is 8.32. The van der Waals surface area contributed by atoms with E-state index in [-0.39, 0.29) is 0 Å². The Labute approximate surface area is 96.5 Å². The van der Waals surface area contributed by atoms with E-state index in [4.69, 9.17) is 15.7 Å². The van der Waals surface area contributed by atoms with E-state index in [1.165, 1.54) is 6.08 Å². The first-order valence-corrected chi connectivity index (χ1v) is 4.72. The molecule has 0 saturated heterocycles. The third kappa shape index (κ3) is 4.77. The number of allylic oxidation sites excluding steroid dienone is 1. The lowest BCUT2D eigenvalue weighted by Gasteiger charge is -2.08. The van der Waals surface area contributed by atoms with Crippen molar-refractivity contribution in [2.24, 2.45) is 5.92 Å². The smallest absolute Gasteiger partial charge is 0.0564 e. The summed E-state index contributed by atoms with van der Waals surface area (Å²) in [4.78, 5) is 0. The van der Waals surface area contributed by atoms with E-state index in [1.54, 1.807) is 6.08 Å². The fourth-order valence-electron chi connectivity index (χ4n) is 1.18. The van der Waals surface area contributed by atoms with Gasteiger partial charge in [0.1, 0.15) is 0 Å². The van der Waals surface area contributed by atoms with Gasteiger partial charge in [-0.2, -0.15) is 0 Å². The van der Waals surface area contributed by atoms with Gasteiger partial charge in [0.05, 0.1) is 2.74 Å². The summed E-state index contributed by atoms with van der Waals surface area (Å²) in [7, 11) is 0. The lowest BCUT2D eigenvalue weighted by Crippen LogP contribution is -2.02. The van der Waals surface area contributed by atoms with Crippen LogP contribution in [0.1, 0.15) is 23.8 Å². The lowest BCUT2D eigenvalue weighted by atomic mass is 10.0. The van der Waals surface area contributed by atoms with Gasteiger partial charge in [0, 0.05) is 15.9 Å². The minimum Gasteiger partial charge on any atom is -0.396 e. The molecule has 15 heavy (non-hydrogen) atoms. The fourth-order valence-corrected chi connectivity index (χ4v) is 1.18. The van der Waals surface area contributed by atoms with E-state index >= 15 is 0 Å². The molecule has 2 N–H and O–H groups in total. The normalized spacial score (nSPS) is 25.5. The van der Waals surface area contributed by atoms with Crippen LogP contribution < -0.4 is 0 Å². The molecule has 1 aromatic rings. The maximum atomic E-state index is 9.14. The number of rotatable bonds is 6. The standard InChI is InChI=1S/C13H18O2/c14-10-8-13(9-11-15)7-6-12-4-2-1-3-5-12/h1-7,13-15H,8-11H2/b7-6+/i8D,9D,10D,11D. The fraction of sp³-hybridized carbons (Fsp3) is 0.385. The Hall–Kier alpha value is -1.12. The van der Waals surface area contributed by atoms with Gasteiger partial charge < -0.3 is 10.2 Å². The van der Waals surface area contributed by atoms with Crippen LogP contribution >= 0.6 is 0 Å². The largest absolute Gasteiger partial charge is 0.396 e. The first kappa shape index (κ1) is 7.20. The van der Waals surface area contributed by atoms with Crippen LogP contribution in [-0.2, 0) is 0 Å². The first-order valence-electron chi connectivity index (χ1n) is 7.03. The summed E-state index contributed by atoms with van der Waals surface area (Å²) in [6.45, 7) is -3.34. The van der Waals surface area contributed by atoms with E-state index in [1.807, 2.05) is 30.3 Å². The van der Waals surface area contributed by atoms with E-state index in [0.29, 0.717) is 0 Å². The Kier molecular flexibility index (Phi) is 3.46. The average molecular weight is 210 g/mol. The van der Waals surface area contributed by atoms with Crippen LogP contribution in [0.15, 0.2) is 36.4 Å². The minimum atomic E-state index is -1.67. The monoisotopic (exact) mass is 210 g/mol. The van der Waals surface area contributed by atoms with Gasteiger partial charge in [-0.15, -0.1) is 0 Å². The van der Waals surface area contributed by atoms with Gasteiger partial charge in [-0.25, -0.2) is 0 Å². The number of hydrogen-bond donors (Lipinski definition) is 2. The number of aliphatic hydroxyl groups excluding tert-OH is 2. The molecule has 2 nitrogen and oxygen atoms in total. The van der Waals surface area contributed by atoms with Crippen LogP contribution in [0.4, 0.5) is 0 Å². The van der Waals surface area contributed by atoms with E-state index in [0.717, 1.165) is 5.56 Å². The number of hydrogen-bond acceptors (Lipinski definition) is 2. The van der Waals surface area contributed by atoms with E-state index < -0.39 is 31.9 Å². The molecule has 2 heteroatoms. The molecule has 1 aromatic carbocycles. The quantitative estimate of drug-likeness (QED) is 0.754. The molecule has 82 valence electrons. The van der Waals surface area contributed by atoms with Crippen molar-refractivity contribution in [1.82, 2.24) is 0 Å². The highest BCUT2D eigenvalue weighted by molar-refractivity contribution is 5.48. The number of benzene rings is 1. The molecular weight excluding hydrogens is 188 g/mol. The predicted molar refractivity (Wildman–Crippen MR) is 62.4 cm³/mol. The molecule has 4 unspecified atom stereocenters. The summed E-state index contributed by atoms with van der Waals surface area (Å²) < 4.78 is 29.6. The van der Waals surface area contributed by atoms with Gasteiger partial charge in [0.25, 0.3) is 0 Å². The summed E-state index contributed by atoms with van der Waals surface area (Å²) >= 11 is 0. The maximum Gasteiger partial charge on any atom is 0.0564 e. The van der Waals surface area contributed by atoms with Crippen LogP contribution in [0.5, 0.6) is 0 Å². The van der Waals surface area contributed by atoms with Crippen molar-refractivity contribution in [1.29, 1.82) is 0 Å². The topological polar surface area (TPSA) is 40.5 Å². The molecule has 0 aliphatic heterocycles. The molecule has 0 bridgehead atoms. The van der Waals surface area contributed by atoms with Gasteiger partial charge in [0.15, 0.2) is 0 Å². The Morgan fingerprint density at radius 1 is 1.13 bits per heavy atom. The van der Waals surface area contributed by atoms with Gasteiger partial charge in [-0.05, 0) is 24.3 Å². The highest BCUT2D eigenvalue weighted by atomic mass is 16.3. The molecule has 0 heterocycles.